The molecule has 9 heteroatoms. The van der Waals surface area contributed by atoms with E-state index < -0.39 is 18.0 Å². The molecule has 0 bridgehead atoms. The lowest BCUT2D eigenvalue weighted by Gasteiger charge is -2.31. The molecule has 0 spiro atoms. The van der Waals surface area contributed by atoms with E-state index in [4.69, 9.17) is 10.00 Å². The van der Waals surface area contributed by atoms with E-state index in [1.54, 1.807) is 4.90 Å². The van der Waals surface area contributed by atoms with Crippen molar-refractivity contribution >= 4 is 5.82 Å². The summed E-state index contributed by atoms with van der Waals surface area (Å²) in [6, 6.07) is 5.93. The largest absolute Gasteiger partial charge is 0.433 e. The van der Waals surface area contributed by atoms with Crippen molar-refractivity contribution in [1.82, 2.24) is 15.0 Å². The van der Waals surface area contributed by atoms with Crippen molar-refractivity contribution in [3.63, 3.8) is 0 Å². The number of hydrogen-bond acceptors (Lipinski definition) is 6. The zero-order valence-electron chi connectivity index (χ0n) is 12.4. The number of nitrogens with zero attached hydrogens (tertiary/aromatic N) is 5. The third kappa shape index (κ3) is 3.44. The maximum Gasteiger partial charge on any atom is 0.433 e. The van der Waals surface area contributed by atoms with E-state index in [0.29, 0.717) is 12.1 Å². The lowest BCUT2D eigenvalue weighted by atomic mass is 10.2. The van der Waals surface area contributed by atoms with Crippen molar-refractivity contribution in [2.45, 2.75) is 12.3 Å². The van der Waals surface area contributed by atoms with Crippen LogP contribution in [0.4, 0.5) is 19.0 Å². The Morgan fingerprint density at radius 3 is 2.67 bits per heavy atom. The predicted molar refractivity (Wildman–Crippen MR) is 77.8 cm³/mol. The van der Waals surface area contributed by atoms with E-state index >= 15 is 0 Å². The Balaban J connectivity index is 2.04. The molecule has 0 saturated carbocycles. The van der Waals surface area contributed by atoms with Crippen LogP contribution in [0, 0.1) is 11.3 Å². The van der Waals surface area contributed by atoms with Gasteiger partial charge in [0.25, 0.3) is 0 Å². The van der Waals surface area contributed by atoms with Crippen molar-refractivity contribution in [2.75, 3.05) is 24.6 Å². The van der Waals surface area contributed by atoms with Gasteiger partial charge in [-0.1, -0.05) is 0 Å². The highest BCUT2D eigenvalue weighted by Crippen LogP contribution is 2.32. The topological polar surface area (TPSA) is 74.9 Å². The molecule has 1 saturated heterocycles. The number of pyridine rings is 1. The number of anilines is 1. The van der Waals surface area contributed by atoms with E-state index in [9.17, 15) is 13.2 Å². The molecule has 0 radical (unpaired) electrons. The fraction of sp³-hybridized carbons (Fsp3) is 0.333. The molecule has 2 aromatic heterocycles. The Morgan fingerprint density at radius 2 is 2.00 bits per heavy atom. The molecule has 24 heavy (non-hydrogen) atoms. The number of morpholine rings is 1. The van der Waals surface area contributed by atoms with Crippen LogP contribution < -0.4 is 4.90 Å². The summed E-state index contributed by atoms with van der Waals surface area (Å²) in [6.45, 7) is 0.747. The Labute approximate surface area is 135 Å². The van der Waals surface area contributed by atoms with Gasteiger partial charge in [0.2, 0.25) is 0 Å². The van der Waals surface area contributed by atoms with Crippen LogP contribution in [0.5, 0.6) is 0 Å². The third-order valence-electron chi connectivity index (χ3n) is 3.48. The Hall–Kier alpha value is -2.73. The molecule has 0 N–H and O–H groups in total. The lowest BCUT2D eigenvalue weighted by Crippen LogP contribution is -2.42. The van der Waals surface area contributed by atoms with Crippen LogP contribution in [0.1, 0.15) is 5.69 Å². The molecule has 1 fully saturated rings. The Morgan fingerprint density at radius 1 is 1.25 bits per heavy atom. The molecule has 3 rings (SSSR count). The highest BCUT2D eigenvalue weighted by Gasteiger charge is 2.35. The maximum atomic E-state index is 13.2. The first-order valence-electron chi connectivity index (χ1n) is 7.10. The highest BCUT2D eigenvalue weighted by atomic mass is 19.4. The summed E-state index contributed by atoms with van der Waals surface area (Å²) < 4.78 is 44.7. The van der Waals surface area contributed by atoms with E-state index in [1.807, 2.05) is 6.07 Å². The minimum Gasteiger partial charge on any atom is -0.360 e. The molecule has 2 aromatic rings. The van der Waals surface area contributed by atoms with E-state index in [1.165, 1.54) is 24.5 Å². The highest BCUT2D eigenvalue weighted by molar-refractivity contribution is 5.57. The second-order valence-corrected chi connectivity index (χ2v) is 5.10. The van der Waals surface area contributed by atoms with Gasteiger partial charge in [-0.05, 0) is 12.1 Å². The van der Waals surface area contributed by atoms with Crippen LogP contribution >= 0.6 is 0 Å². The molecule has 0 aromatic carbocycles. The van der Waals surface area contributed by atoms with Crippen molar-refractivity contribution < 1.29 is 17.9 Å². The molecule has 1 aliphatic rings. The summed E-state index contributed by atoms with van der Waals surface area (Å²) in [6.07, 6.45) is -2.38. The van der Waals surface area contributed by atoms with Crippen molar-refractivity contribution in [2.24, 2.45) is 0 Å². The fourth-order valence-corrected chi connectivity index (χ4v) is 2.31. The Kier molecular flexibility index (Phi) is 4.31. The van der Waals surface area contributed by atoms with Gasteiger partial charge in [-0.2, -0.15) is 18.4 Å². The second-order valence-electron chi connectivity index (χ2n) is 5.10. The smallest absolute Gasteiger partial charge is 0.360 e. The first-order chi connectivity index (χ1) is 11.5. The van der Waals surface area contributed by atoms with Crippen LogP contribution in [0.15, 0.2) is 30.6 Å². The SMILES string of the molecule is N#CC1CN(c2cc(C(F)(F)F)nc(-c3ccncc3)n2)CCO1. The van der Waals surface area contributed by atoms with Gasteiger partial charge in [0.1, 0.15) is 5.82 Å². The van der Waals surface area contributed by atoms with Gasteiger partial charge >= 0.3 is 6.18 Å². The fourth-order valence-electron chi connectivity index (χ4n) is 2.31. The average Bonchev–Trinajstić information content (AvgIpc) is 2.61. The van der Waals surface area contributed by atoms with Gasteiger partial charge in [0.15, 0.2) is 17.6 Å². The monoisotopic (exact) mass is 335 g/mol. The van der Waals surface area contributed by atoms with E-state index in [-0.39, 0.29) is 24.8 Å². The molecule has 6 nitrogen and oxygen atoms in total. The quantitative estimate of drug-likeness (QED) is 0.838. The summed E-state index contributed by atoms with van der Waals surface area (Å²) in [5, 5.41) is 8.95. The molecule has 0 amide bonds. The van der Waals surface area contributed by atoms with Crippen LogP contribution in [0.25, 0.3) is 11.4 Å². The summed E-state index contributed by atoms with van der Waals surface area (Å²) >= 11 is 0. The number of aromatic nitrogens is 3. The molecule has 1 unspecified atom stereocenters. The van der Waals surface area contributed by atoms with E-state index in [2.05, 4.69) is 15.0 Å². The molecule has 1 atom stereocenters. The first kappa shape index (κ1) is 16.1. The minimum absolute atomic E-state index is 0.0396. The van der Waals surface area contributed by atoms with Gasteiger partial charge in [-0.3, -0.25) is 4.98 Å². The number of rotatable bonds is 2. The molecule has 124 valence electrons. The molecular weight excluding hydrogens is 323 g/mol. The third-order valence-corrected chi connectivity index (χ3v) is 3.48. The lowest BCUT2D eigenvalue weighted by molar-refractivity contribution is -0.141. The summed E-state index contributed by atoms with van der Waals surface area (Å²) in [5.74, 6) is 0.0786. The van der Waals surface area contributed by atoms with Gasteiger partial charge in [0, 0.05) is 30.6 Å². The van der Waals surface area contributed by atoms with E-state index in [0.717, 1.165) is 6.07 Å². The second kappa shape index (κ2) is 6.41. The first-order valence-corrected chi connectivity index (χ1v) is 7.10. The molecule has 0 aliphatic carbocycles. The van der Waals surface area contributed by atoms with Crippen molar-refractivity contribution in [3.05, 3.63) is 36.3 Å². The molecular formula is C15H12F3N5O. The number of halogens is 3. The van der Waals surface area contributed by atoms with Crippen LogP contribution in [-0.4, -0.2) is 40.8 Å². The maximum absolute atomic E-state index is 13.2. The number of nitriles is 1. The summed E-state index contributed by atoms with van der Waals surface area (Å²) in [7, 11) is 0. The molecule has 1 aliphatic heterocycles. The standard InChI is InChI=1S/C15H12F3N5O/c16-15(17,18)12-7-13(23-5-6-24-11(8-19)9-23)22-14(21-12)10-1-3-20-4-2-10/h1-4,7,11H,5-6,9H2. The average molecular weight is 335 g/mol. The van der Waals surface area contributed by atoms with Gasteiger partial charge in [0.05, 0.1) is 19.2 Å². The number of ether oxygens (including phenoxy) is 1. The normalized spacial score (nSPS) is 18.2. The van der Waals surface area contributed by atoms with Gasteiger partial charge in [-0.25, -0.2) is 9.97 Å². The Bertz CT molecular complexity index is 760. The van der Waals surface area contributed by atoms with Gasteiger partial charge < -0.3 is 9.64 Å². The van der Waals surface area contributed by atoms with Crippen LogP contribution in [0.2, 0.25) is 0 Å². The predicted octanol–water partition coefficient (Wildman–Crippen LogP) is 2.29. The number of alkyl halides is 3. The van der Waals surface area contributed by atoms with Gasteiger partial charge in [-0.15, -0.1) is 0 Å². The zero-order valence-corrected chi connectivity index (χ0v) is 12.4. The van der Waals surface area contributed by atoms with Crippen molar-refractivity contribution in [3.8, 4) is 17.5 Å². The minimum atomic E-state index is -4.60. The molecule has 3 heterocycles. The summed E-state index contributed by atoms with van der Waals surface area (Å²) in [5.41, 5.74) is -0.596. The van der Waals surface area contributed by atoms with Crippen LogP contribution in [0.3, 0.4) is 0 Å². The van der Waals surface area contributed by atoms with Crippen molar-refractivity contribution in [1.29, 1.82) is 5.26 Å². The number of hydrogen-bond donors (Lipinski definition) is 0. The zero-order chi connectivity index (χ0) is 17.2. The summed E-state index contributed by atoms with van der Waals surface area (Å²) in [4.78, 5) is 13.3. The van der Waals surface area contributed by atoms with Crippen LogP contribution in [-0.2, 0) is 10.9 Å².